The molecule has 0 unspecified atom stereocenters. The number of halogens is 1. The minimum Gasteiger partial charge on any atom is -0.203 e. The Morgan fingerprint density at radius 3 is 2.65 bits per heavy atom. The highest BCUT2D eigenvalue weighted by Crippen LogP contribution is 2.29. The SMILES string of the molecule is Clc1ccc(-c2csc3nc(-c4cccs4)nn23)cc1. The molecular weight excluding hydrogens is 310 g/mol. The molecule has 3 aromatic heterocycles. The zero-order valence-corrected chi connectivity index (χ0v) is 12.5. The maximum atomic E-state index is 5.93. The van der Waals surface area contributed by atoms with Crippen LogP contribution in [-0.4, -0.2) is 14.6 Å². The van der Waals surface area contributed by atoms with Gasteiger partial charge in [-0.05, 0) is 23.6 Å². The Bertz CT molecular complexity index is 860. The molecule has 20 heavy (non-hydrogen) atoms. The van der Waals surface area contributed by atoms with Gasteiger partial charge in [-0.3, -0.25) is 0 Å². The lowest BCUT2D eigenvalue weighted by Crippen LogP contribution is -1.88. The smallest absolute Gasteiger partial charge is 0.203 e. The average Bonchev–Trinajstić information content (AvgIpc) is 3.15. The summed E-state index contributed by atoms with van der Waals surface area (Å²) in [6.07, 6.45) is 0. The van der Waals surface area contributed by atoms with E-state index < -0.39 is 0 Å². The predicted octanol–water partition coefficient (Wildman–Crippen LogP) is 4.84. The second-order valence-electron chi connectivity index (χ2n) is 4.23. The van der Waals surface area contributed by atoms with Gasteiger partial charge in [0.2, 0.25) is 4.96 Å². The number of fused-ring (bicyclic) bond motifs is 1. The zero-order chi connectivity index (χ0) is 13.5. The molecule has 0 fully saturated rings. The fraction of sp³-hybridized carbons (Fsp3) is 0. The van der Waals surface area contributed by atoms with Gasteiger partial charge in [-0.15, -0.1) is 27.8 Å². The average molecular weight is 318 g/mol. The van der Waals surface area contributed by atoms with Crippen LogP contribution < -0.4 is 0 Å². The molecule has 0 spiro atoms. The maximum Gasteiger partial charge on any atom is 0.213 e. The zero-order valence-electron chi connectivity index (χ0n) is 10.2. The molecule has 98 valence electrons. The molecule has 0 saturated heterocycles. The molecule has 0 amide bonds. The number of rotatable bonds is 2. The number of thiazole rings is 1. The highest BCUT2D eigenvalue weighted by Gasteiger charge is 2.13. The number of aromatic nitrogens is 3. The number of thiophene rings is 1. The summed E-state index contributed by atoms with van der Waals surface area (Å²) in [6, 6.07) is 11.8. The molecule has 0 atom stereocenters. The summed E-state index contributed by atoms with van der Waals surface area (Å²) in [5.41, 5.74) is 2.13. The van der Waals surface area contributed by atoms with Crippen molar-refractivity contribution in [1.29, 1.82) is 0 Å². The van der Waals surface area contributed by atoms with Gasteiger partial charge in [0.15, 0.2) is 5.82 Å². The van der Waals surface area contributed by atoms with Crippen LogP contribution in [0.3, 0.4) is 0 Å². The van der Waals surface area contributed by atoms with Crippen molar-refractivity contribution in [2.45, 2.75) is 0 Å². The van der Waals surface area contributed by atoms with E-state index in [0.717, 1.165) is 31.9 Å². The highest BCUT2D eigenvalue weighted by atomic mass is 35.5. The molecule has 0 aliphatic heterocycles. The topological polar surface area (TPSA) is 30.2 Å². The summed E-state index contributed by atoms with van der Waals surface area (Å²) < 4.78 is 1.89. The van der Waals surface area contributed by atoms with Gasteiger partial charge in [-0.25, -0.2) is 4.52 Å². The molecule has 6 heteroatoms. The Morgan fingerprint density at radius 2 is 1.90 bits per heavy atom. The van der Waals surface area contributed by atoms with Crippen molar-refractivity contribution in [3.8, 4) is 22.0 Å². The van der Waals surface area contributed by atoms with Crippen molar-refractivity contribution < 1.29 is 0 Å². The third kappa shape index (κ3) is 1.95. The first-order valence-corrected chi connectivity index (χ1v) is 8.09. The molecule has 0 saturated carbocycles. The molecule has 0 aliphatic carbocycles. The van der Waals surface area contributed by atoms with Gasteiger partial charge in [0, 0.05) is 16.0 Å². The van der Waals surface area contributed by atoms with Gasteiger partial charge in [-0.2, -0.15) is 4.98 Å². The first-order valence-electron chi connectivity index (χ1n) is 5.95. The Labute approximate surface area is 128 Å². The molecule has 0 bridgehead atoms. The molecule has 0 N–H and O–H groups in total. The van der Waals surface area contributed by atoms with Crippen molar-refractivity contribution in [1.82, 2.24) is 14.6 Å². The standard InChI is InChI=1S/C14H8ClN3S2/c15-10-5-3-9(4-6-10)11-8-20-14-16-13(17-18(11)14)12-2-1-7-19-12/h1-8H. The van der Waals surface area contributed by atoms with Crippen molar-refractivity contribution in [2.24, 2.45) is 0 Å². The Balaban J connectivity index is 1.86. The summed E-state index contributed by atoms with van der Waals surface area (Å²) in [5, 5.41) is 9.44. The third-order valence-electron chi connectivity index (χ3n) is 2.96. The summed E-state index contributed by atoms with van der Waals surface area (Å²) in [7, 11) is 0. The minimum atomic E-state index is 0.734. The number of hydrogen-bond donors (Lipinski definition) is 0. The molecule has 4 rings (SSSR count). The summed E-state index contributed by atoms with van der Waals surface area (Å²) in [6.45, 7) is 0. The lowest BCUT2D eigenvalue weighted by Gasteiger charge is -1.98. The second-order valence-corrected chi connectivity index (χ2v) is 6.46. The van der Waals surface area contributed by atoms with E-state index in [2.05, 4.69) is 15.5 Å². The van der Waals surface area contributed by atoms with E-state index >= 15 is 0 Å². The van der Waals surface area contributed by atoms with Gasteiger partial charge < -0.3 is 0 Å². The second kappa shape index (κ2) is 4.70. The van der Waals surface area contributed by atoms with E-state index in [0.29, 0.717) is 0 Å². The van der Waals surface area contributed by atoms with Crippen LogP contribution in [0, 0.1) is 0 Å². The van der Waals surface area contributed by atoms with Crippen LogP contribution in [-0.2, 0) is 0 Å². The monoisotopic (exact) mass is 317 g/mol. The fourth-order valence-corrected chi connectivity index (χ4v) is 3.62. The first kappa shape index (κ1) is 12.1. The Morgan fingerprint density at radius 1 is 1.05 bits per heavy atom. The van der Waals surface area contributed by atoms with Crippen LogP contribution in [0.15, 0.2) is 47.2 Å². The highest BCUT2D eigenvalue weighted by molar-refractivity contribution is 7.15. The molecule has 4 aromatic rings. The van der Waals surface area contributed by atoms with Crippen molar-refractivity contribution in [3.63, 3.8) is 0 Å². The van der Waals surface area contributed by atoms with Gasteiger partial charge in [0.05, 0.1) is 10.6 Å². The Hall–Kier alpha value is -1.69. The maximum absolute atomic E-state index is 5.93. The summed E-state index contributed by atoms with van der Waals surface area (Å²) >= 11 is 9.17. The Kier molecular flexibility index (Phi) is 2.84. The number of nitrogens with zero attached hydrogens (tertiary/aromatic N) is 3. The normalized spacial score (nSPS) is 11.2. The van der Waals surface area contributed by atoms with E-state index in [9.17, 15) is 0 Å². The summed E-state index contributed by atoms with van der Waals surface area (Å²) in [4.78, 5) is 6.56. The molecule has 3 heterocycles. The van der Waals surface area contributed by atoms with Crippen molar-refractivity contribution in [3.05, 3.63) is 52.2 Å². The third-order valence-corrected chi connectivity index (χ3v) is 4.90. The van der Waals surface area contributed by atoms with Gasteiger partial charge in [0.25, 0.3) is 0 Å². The molecule has 0 radical (unpaired) electrons. The molecular formula is C14H8ClN3S2. The molecule has 3 nitrogen and oxygen atoms in total. The van der Waals surface area contributed by atoms with Crippen molar-refractivity contribution >= 4 is 39.2 Å². The number of benzene rings is 1. The van der Waals surface area contributed by atoms with Gasteiger partial charge >= 0.3 is 0 Å². The van der Waals surface area contributed by atoms with E-state index in [1.165, 1.54) is 0 Å². The van der Waals surface area contributed by atoms with Crippen LogP contribution in [0.25, 0.3) is 26.9 Å². The van der Waals surface area contributed by atoms with Crippen LogP contribution >= 0.6 is 34.3 Å². The van der Waals surface area contributed by atoms with E-state index in [1.807, 2.05) is 46.3 Å². The van der Waals surface area contributed by atoms with Crippen LogP contribution in [0.4, 0.5) is 0 Å². The van der Waals surface area contributed by atoms with E-state index in [1.54, 1.807) is 22.7 Å². The van der Waals surface area contributed by atoms with Crippen LogP contribution in [0.2, 0.25) is 5.02 Å². The molecule has 0 aliphatic rings. The molecule has 1 aromatic carbocycles. The van der Waals surface area contributed by atoms with E-state index in [4.69, 9.17) is 11.6 Å². The lowest BCUT2D eigenvalue weighted by molar-refractivity contribution is 0.991. The van der Waals surface area contributed by atoms with Crippen LogP contribution in [0.5, 0.6) is 0 Å². The summed E-state index contributed by atoms with van der Waals surface area (Å²) in [5.74, 6) is 0.780. The van der Waals surface area contributed by atoms with Crippen molar-refractivity contribution in [2.75, 3.05) is 0 Å². The van der Waals surface area contributed by atoms with Crippen LogP contribution in [0.1, 0.15) is 0 Å². The van der Waals surface area contributed by atoms with E-state index in [-0.39, 0.29) is 0 Å². The largest absolute Gasteiger partial charge is 0.213 e. The fourth-order valence-electron chi connectivity index (χ4n) is 2.01. The van der Waals surface area contributed by atoms with Gasteiger partial charge in [-0.1, -0.05) is 29.8 Å². The minimum absolute atomic E-state index is 0.734. The van der Waals surface area contributed by atoms with Gasteiger partial charge in [0.1, 0.15) is 0 Å². The predicted molar refractivity (Wildman–Crippen MR) is 84.6 cm³/mol. The lowest BCUT2D eigenvalue weighted by atomic mass is 10.2. The number of hydrogen-bond acceptors (Lipinski definition) is 4. The quantitative estimate of drug-likeness (QED) is 0.529. The first-order chi connectivity index (χ1) is 9.81.